The first-order chi connectivity index (χ1) is 8.85. The van der Waals surface area contributed by atoms with Gasteiger partial charge in [0.15, 0.2) is 0 Å². The average molecular weight is 258 g/mol. The third kappa shape index (κ3) is 4.36. The lowest BCUT2D eigenvalue weighted by Crippen LogP contribution is -2.28. The van der Waals surface area contributed by atoms with E-state index in [0.29, 0.717) is 5.92 Å². The molecule has 0 fully saturated rings. The van der Waals surface area contributed by atoms with Gasteiger partial charge in [0.25, 0.3) is 0 Å². The van der Waals surface area contributed by atoms with Crippen LogP contribution in [0.2, 0.25) is 0 Å². The van der Waals surface area contributed by atoms with Crippen LogP contribution < -0.4 is 0 Å². The lowest BCUT2D eigenvalue weighted by molar-refractivity contribution is 0.264. The van der Waals surface area contributed by atoms with Gasteiger partial charge in [0.2, 0.25) is 0 Å². The molecule has 0 amide bonds. The van der Waals surface area contributed by atoms with E-state index >= 15 is 0 Å². The highest BCUT2D eigenvalue weighted by molar-refractivity contribution is 5.37. The monoisotopic (exact) mass is 258 g/mol. The van der Waals surface area contributed by atoms with Crippen LogP contribution in [0.3, 0.4) is 0 Å². The van der Waals surface area contributed by atoms with E-state index in [2.05, 4.69) is 64.8 Å². The fraction of sp³-hybridized carbons (Fsp3) is 0.588. The van der Waals surface area contributed by atoms with Gasteiger partial charge in [-0.05, 0) is 50.4 Å². The second-order valence-corrected chi connectivity index (χ2v) is 6.05. The molecule has 0 saturated carbocycles. The average Bonchev–Trinajstić information content (AvgIpc) is 2.30. The smallest absolute Gasteiger partial charge is 0.0672 e. The number of nitrogens with zero attached hydrogens (tertiary/aromatic N) is 2. The Labute approximate surface area is 118 Å². The van der Waals surface area contributed by atoms with Crippen molar-refractivity contribution in [1.29, 1.82) is 5.26 Å². The van der Waals surface area contributed by atoms with Crippen LogP contribution in [0.5, 0.6) is 0 Å². The van der Waals surface area contributed by atoms with Gasteiger partial charge in [0.1, 0.15) is 0 Å². The topological polar surface area (TPSA) is 27.0 Å². The van der Waals surface area contributed by atoms with Crippen molar-refractivity contribution in [3.63, 3.8) is 0 Å². The molecule has 0 radical (unpaired) electrons. The van der Waals surface area contributed by atoms with Crippen LogP contribution in [0.25, 0.3) is 0 Å². The summed E-state index contributed by atoms with van der Waals surface area (Å²) in [5, 5.41) is 9.18. The van der Waals surface area contributed by atoms with Crippen LogP contribution in [0, 0.1) is 43.9 Å². The predicted molar refractivity (Wildman–Crippen MR) is 80.9 cm³/mol. The molecular formula is C17H26N2. The van der Waals surface area contributed by atoms with E-state index < -0.39 is 0 Å². The first-order valence-corrected chi connectivity index (χ1v) is 7.00. The Hall–Kier alpha value is -1.33. The number of hydrogen-bond acceptors (Lipinski definition) is 2. The number of rotatable bonds is 5. The zero-order chi connectivity index (χ0) is 14.6. The van der Waals surface area contributed by atoms with Crippen molar-refractivity contribution in [2.75, 3.05) is 13.6 Å². The molecule has 2 heteroatoms. The number of aryl methyl sites for hydroxylation is 3. The van der Waals surface area contributed by atoms with Crippen LogP contribution >= 0.6 is 0 Å². The molecule has 0 heterocycles. The van der Waals surface area contributed by atoms with Crippen LogP contribution in [-0.4, -0.2) is 18.5 Å². The van der Waals surface area contributed by atoms with Crippen LogP contribution in [0.4, 0.5) is 0 Å². The maximum absolute atomic E-state index is 9.18. The molecular weight excluding hydrogens is 232 g/mol. The highest BCUT2D eigenvalue weighted by Crippen LogP contribution is 2.19. The summed E-state index contributed by atoms with van der Waals surface area (Å²) in [4.78, 5) is 2.26. The number of nitriles is 1. The molecule has 0 bridgehead atoms. The molecule has 0 aromatic heterocycles. The van der Waals surface area contributed by atoms with Crippen molar-refractivity contribution in [2.45, 2.75) is 41.2 Å². The Balaban J connectivity index is 2.78. The summed E-state index contributed by atoms with van der Waals surface area (Å²) < 4.78 is 0. The summed E-state index contributed by atoms with van der Waals surface area (Å²) in [6, 6.07) is 6.89. The fourth-order valence-corrected chi connectivity index (χ4v) is 2.53. The molecule has 1 aromatic rings. The van der Waals surface area contributed by atoms with E-state index in [9.17, 15) is 5.26 Å². The summed E-state index contributed by atoms with van der Waals surface area (Å²) in [7, 11) is 2.10. The zero-order valence-corrected chi connectivity index (χ0v) is 13.1. The predicted octanol–water partition coefficient (Wildman–Crippen LogP) is 3.84. The van der Waals surface area contributed by atoms with Crippen molar-refractivity contribution in [2.24, 2.45) is 11.8 Å². The van der Waals surface area contributed by atoms with E-state index in [0.717, 1.165) is 13.1 Å². The highest BCUT2D eigenvalue weighted by Gasteiger charge is 2.16. The first-order valence-electron chi connectivity index (χ1n) is 7.00. The molecule has 0 aliphatic carbocycles. The first kappa shape index (κ1) is 15.7. The van der Waals surface area contributed by atoms with Gasteiger partial charge in [-0.1, -0.05) is 31.5 Å². The standard InChI is InChI=1S/C17H26N2/c1-12(2)16(9-18)10-19(6)11-17-14(4)7-13(3)8-15(17)5/h7-8,12,16H,10-11H2,1-6H3. The van der Waals surface area contributed by atoms with E-state index in [-0.39, 0.29) is 5.92 Å². The van der Waals surface area contributed by atoms with Gasteiger partial charge < -0.3 is 4.90 Å². The van der Waals surface area contributed by atoms with Crippen molar-refractivity contribution in [3.05, 3.63) is 34.4 Å². The summed E-state index contributed by atoms with van der Waals surface area (Å²) in [6.07, 6.45) is 0. The zero-order valence-electron chi connectivity index (χ0n) is 13.1. The van der Waals surface area contributed by atoms with Gasteiger partial charge in [-0.2, -0.15) is 5.26 Å². The fourth-order valence-electron chi connectivity index (χ4n) is 2.53. The maximum Gasteiger partial charge on any atom is 0.0672 e. The van der Waals surface area contributed by atoms with Gasteiger partial charge in [-0.3, -0.25) is 0 Å². The van der Waals surface area contributed by atoms with E-state index in [1.807, 2.05) is 0 Å². The number of benzene rings is 1. The van der Waals surface area contributed by atoms with Crippen LogP contribution in [-0.2, 0) is 6.54 Å². The minimum atomic E-state index is 0.107. The minimum Gasteiger partial charge on any atom is -0.301 e. The van der Waals surface area contributed by atoms with Gasteiger partial charge in [0.05, 0.1) is 12.0 Å². The highest BCUT2D eigenvalue weighted by atomic mass is 15.1. The van der Waals surface area contributed by atoms with Crippen molar-refractivity contribution in [1.82, 2.24) is 4.90 Å². The van der Waals surface area contributed by atoms with Crippen LogP contribution in [0.1, 0.15) is 36.1 Å². The minimum absolute atomic E-state index is 0.107. The SMILES string of the molecule is Cc1cc(C)c(CN(C)CC(C#N)C(C)C)c(C)c1. The molecule has 2 nitrogen and oxygen atoms in total. The Kier molecular flexibility index (Phi) is 5.57. The Morgan fingerprint density at radius 2 is 1.68 bits per heavy atom. The second kappa shape index (κ2) is 6.73. The van der Waals surface area contributed by atoms with Gasteiger partial charge >= 0.3 is 0 Å². The van der Waals surface area contributed by atoms with Gasteiger partial charge in [0, 0.05) is 13.1 Å². The molecule has 0 saturated heterocycles. The van der Waals surface area contributed by atoms with E-state index in [4.69, 9.17) is 0 Å². The molecule has 1 atom stereocenters. The summed E-state index contributed by atoms with van der Waals surface area (Å²) in [5.41, 5.74) is 5.41. The van der Waals surface area contributed by atoms with Gasteiger partial charge in [-0.25, -0.2) is 0 Å². The normalized spacial score (nSPS) is 12.8. The van der Waals surface area contributed by atoms with Crippen molar-refractivity contribution >= 4 is 0 Å². The second-order valence-electron chi connectivity index (χ2n) is 6.05. The lowest BCUT2D eigenvalue weighted by atomic mass is 9.96. The molecule has 0 aliphatic heterocycles. The van der Waals surface area contributed by atoms with E-state index in [1.165, 1.54) is 22.3 Å². The third-order valence-corrected chi connectivity index (χ3v) is 3.75. The van der Waals surface area contributed by atoms with Gasteiger partial charge in [-0.15, -0.1) is 0 Å². The Bertz CT molecular complexity index is 446. The van der Waals surface area contributed by atoms with Crippen molar-refractivity contribution < 1.29 is 0 Å². The largest absolute Gasteiger partial charge is 0.301 e. The molecule has 0 aliphatic rings. The summed E-state index contributed by atoms with van der Waals surface area (Å²) in [6.45, 7) is 12.5. The number of hydrogen-bond donors (Lipinski definition) is 0. The lowest BCUT2D eigenvalue weighted by Gasteiger charge is -2.24. The molecule has 104 valence electrons. The summed E-state index contributed by atoms with van der Waals surface area (Å²) in [5.74, 6) is 0.517. The van der Waals surface area contributed by atoms with Crippen molar-refractivity contribution in [3.8, 4) is 6.07 Å². The van der Waals surface area contributed by atoms with E-state index in [1.54, 1.807) is 0 Å². The molecule has 19 heavy (non-hydrogen) atoms. The molecule has 0 spiro atoms. The molecule has 1 aromatic carbocycles. The maximum atomic E-state index is 9.18. The Morgan fingerprint density at radius 1 is 1.16 bits per heavy atom. The molecule has 1 rings (SSSR count). The Morgan fingerprint density at radius 3 is 2.11 bits per heavy atom. The molecule has 1 unspecified atom stereocenters. The quantitative estimate of drug-likeness (QED) is 0.802. The molecule has 0 N–H and O–H groups in total. The third-order valence-electron chi connectivity index (χ3n) is 3.75. The summed E-state index contributed by atoms with van der Waals surface area (Å²) >= 11 is 0. The van der Waals surface area contributed by atoms with Crippen LogP contribution in [0.15, 0.2) is 12.1 Å².